The highest BCUT2D eigenvalue weighted by Crippen LogP contribution is 2.37. The van der Waals surface area contributed by atoms with Crippen molar-refractivity contribution in [3.05, 3.63) is 146 Å². The molecular weight excluding hydrogens is 761 g/mol. The van der Waals surface area contributed by atoms with E-state index in [1.165, 1.54) is 11.3 Å². The lowest BCUT2D eigenvalue weighted by molar-refractivity contribution is -0.113. The molecule has 0 spiro atoms. The van der Waals surface area contributed by atoms with Crippen LogP contribution in [0.4, 0.5) is 5.69 Å². The number of carbonyl (C=O) groups is 1. The third-order valence-electron chi connectivity index (χ3n) is 8.25. The second-order valence-electron chi connectivity index (χ2n) is 11.7. The first-order chi connectivity index (χ1) is 24.0. The van der Waals surface area contributed by atoms with Gasteiger partial charge in [-0.1, -0.05) is 86.4 Å². The number of allylic oxidation sites excluding steroid dienone is 1. The van der Waals surface area contributed by atoms with Crippen LogP contribution >= 0.6 is 50.5 Å². The molecule has 1 aliphatic heterocycles. The van der Waals surface area contributed by atoms with E-state index in [0.717, 1.165) is 26.7 Å². The molecule has 0 fully saturated rings. The van der Waals surface area contributed by atoms with Crippen LogP contribution in [0, 0.1) is 13.8 Å². The summed E-state index contributed by atoms with van der Waals surface area (Å²) in [7, 11) is 3.14. The standard InChI is InChI=1S/C38H32BrCl2N3O5S/c1-20-6-13-30(21(2)14-20)43-36(45)33-22(3)42-38-44(34(33)24-8-10-27(47-4)11-9-24)37(46)32(50-38)17-25-16-26(39)18-31(48-5)35(25)49-19-23-7-12-28(40)29(41)15-23/h6-18,34H,19H2,1-5H3,(H,43,45)/b32-17-/t34-/m1/s1. The van der Waals surface area contributed by atoms with E-state index in [-0.39, 0.29) is 18.1 Å². The average molecular weight is 794 g/mol. The highest BCUT2D eigenvalue weighted by atomic mass is 79.9. The summed E-state index contributed by atoms with van der Waals surface area (Å²) in [5.74, 6) is 1.21. The maximum atomic E-state index is 14.4. The van der Waals surface area contributed by atoms with E-state index in [1.54, 1.807) is 50.0 Å². The van der Waals surface area contributed by atoms with Crippen LogP contribution in [0.2, 0.25) is 10.0 Å². The Morgan fingerprint density at radius 1 is 0.980 bits per heavy atom. The second kappa shape index (κ2) is 14.9. The number of nitrogens with one attached hydrogen (secondary N) is 1. The molecule has 0 saturated heterocycles. The summed E-state index contributed by atoms with van der Waals surface area (Å²) in [6.45, 7) is 5.91. The summed E-state index contributed by atoms with van der Waals surface area (Å²) in [6.07, 6.45) is 1.75. The van der Waals surface area contributed by atoms with E-state index in [4.69, 9.17) is 42.4 Å². The number of aromatic nitrogens is 1. The molecule has 0 bridgehead atoms. The first-order valence-electron chi connectivity index (χ1n) is 15.5. The fourth-order valence-corrected chi connectivity index (χ4v) is 7.60. The van der Waals surface area contributed by atoms with Crippen LogP contribution in [0.3, 0.4) is 0 Å². The number of hydrogen-bond donors (Lipinski definition) is 1. The van der Waals surface area contributed by atoms with E-state index >= 15 is 0 Å². The van der Waals surface area contributed by atoms with Crippen LogP contribution in [0.25, 0.3) is 6.08 Å². The van der Waals surface area contributed by atoms with Crippen molar-refractivity contribution in [2.24, 2.45) is 4.99 Å². The van der Waals surface area contributed by atoms with Gasteiger partial charge in [0.1, 0.15) is 12.4 Å². The minimum Gasteiger partial charge on any atom is -0.497 e. The van der Waals surface area contributed by atoms with Crippen molar-refractivity contribution in [2.75, 3.05) is 19.5 Å². The molecule has 1 N–H and O–H groups in total. The number of amides is 1. The molecule has 0 unspecified atom stereocenters. The third-order valence-corrected chi connectivity index (χ3v) is 10.4. The molecule has 1 aromatic heterocycles. The number of anilines is 1. The minimum absolute atomic E-state index is 0.173. The van der Waals surface area contributed by atoms with E-state index in [2.05, 4.69) is 21.2 Å². The van der Waals surface area contributed by atoms with Gasteiger partial charge in [-0.15, -0.1) is 0 Å². The maximum absolute atomic E-state index is 14.4. The van der Waals surface area contributed by atoms with Crippen molar-refractivity contribution in [3.8, 4) is 17.2 Å². The number of nitrogens with zero attached hydrogens (tertiary/aromatic N) is 2. The first-order valence-corrected chi connectivity index (χ1v) is 17.8. The lowest BCUT2D eigenvalue weighted by Crippen LogP contribution is -2.40. The molecular formula is C38H32BrCl2N3O5S. The van der Waals surface area contributed by atoms with Crippen LogP contribution in [-0.4, -0.2) is 24.7 Å². The zero-order valence-corrected chi connectivity index (χ0v) is 31.7. The molecule has 12 heteroatoms. The van der Waals surface area contributed by atoms with Gasteiger partial charge in [0.15, 0.2) is 16.3 Å². The van der Waals surface area contributed by atoms with Gasteiger partial charge >= 0.3 is 0 Å². The molecule has 50 heavy (non-hydrogen) atoms. The summed E-state index contributed by atoms with van der Waals surface area (Å²) in [5.41, 5.74) is 5.40. The van der Waals surface area contributed by atoms with Gasteiger partial charge in [0.05, 0.1) is 46.1 Å². The lowest BCUT2D eigenvalue weighted by Gasteiger charge is -2.25. The number of halogens is 3. The molecule has 256 valence electrons. The Labute approximate surface area is 311 Å². The molecule has 1 aliphatic rings. The van der Waals surface area contributed by atoms with Crippen LogP contribution in [0.5, 0.6) is 17.2 Å². The molecule has 0 radical (unpaired) electrons. The molecule has 0 aliphatic carbocycles. The Kier molecular flexibility index (Phi) is 10.5. The van der Waals surface area contributed by atoms with Crippen LogP contribution in [-0.2, 0) is 11.4 Å². The highest BCUT2D eigenvalue weighted by Gasteiger charge is 2.33. The predicted molar refractivity (Wildman–Crippen MR) is 203 cm³/mol. The molecule has 5 aromatic rings. The number of benzene rings is 4. The van der Waals surface area contributed by atoms with Crippen molar-refractivity contribution >= 4 is 68.1 Å². The van der Waals surface area contributed by atoms with E-state index in [1.807, 2.05) is 68.4 Å². The second-order valence-corrected chi connectivity index (χ2v) is 14.4. The Bertz CT molecular complexity index is 2350. The number of fused-ring (bicyclic) bond motifs is 1. The molecule has 0 saturated carbocycles. The summed E-state index contributed by atoms with van der Waals surface area (Å²) in [5, 5.41) is 3.93. The van der Waals surface area contributed by atoms with E-state index in [9.17, 15) is 9.59 Å². The Morgan fingerprint density at radius 3 is 2.42 bits per heavy atom. The Balaban J connectivity index is 1.47. The van der Waals surface area contributed by atoms with Gasteiger partial charge < -0.3 is 19.5 Å². The van der Waals surface area contributed by atoms with Gasteiger partial charge in [0.25, 0.3) is 11.5 Å². The van der Waals surface area contributed by atoms with Crippen molar-refractivity contribution in [1.29, 1.82) is 0 Å². The van der Waals surface area contributed by atoms with Crippen molar-refractivity contribution < 1.29 is 19.0 Å². The van der Waals surface area contributed by atoms with Crippen LogP contribution < -0.4 is 34.4 Å². The zero-order valence-electron chi connectivity index (χ0n) is 27.8. The van der Waals surface area contributed by atoms with Gasteiger partial charge in [0, 0.05) is 15.7 Å². The number of rotatable bonds is 9. The van der Waals surface area contributed by atoms with E-state index < -0.39 is 6.04 Å². The Morgan fingerprint density at radius 2 is 1.74 bits per heavy atom. The predicted octanol–water partition coefficient (Wildman–Crippen LogP) is 8.16. The summed E-state index contributed by atoms with van der Waals surface area (Å²) in [6, 6.07) is 21.3. The molecule has 2 heterocycles. The smallest absolute Gasteiger partial charge is 0.271 e. The monoisotopic (exact) mass is 791 g/mol. The zero-order chi connectivity index (χ0) is 35.7. The maximum Gasteiger partial charge on any atom is 0.271 e. The largest absolute Gasteiger partial charge is 0.497 e. The fourth-order valence-electron chi connectivity index (χ4n) is 5.79. The van der Waals surface area contributed by atoms with Gasteiger partial charge in [-0.25, -0.2) is 4.99 Å². The number of hydrogen-bond acceptors (Lipinski definition) is 7. The fraction of sp³-hybridized carbons (Fsp3) is 0.184. The lowest BCUT2D eigenvalue weighted by atomic mass is 9.95. The third kappa shape index (κ3) is 7.25. The summed E-state index contributed by atoms with van der Waals surface area (Å²) in [4.78, 5) is 33.8. The number of aryl methyl sites for hydroxylation is 2. The normalized spacial score (nSPS) is 14.2. The number of methoxy groups -OCH3 is 2. The van der Waals surface area contributed by atoms with E-state index in [0.29, 0.717) is 59.1 Å². The summed E-state index contributed by atoms with van der Waals surface area (Å²) >= 11 is 17.1. The van der Waals surface area contributed by atoms with Gasteiger partial charge in [0.2, 0.25) is 0 Å². The van der Waals surface area contributed by atoms with Gasteiger partial charge in [-0.2, -0.15) is 0 Å². The highest BCUT2D eigenvalue weighted by molar-refractivity contribution is 9.10. The van der Waals surface area contributed by atoms with Gasteiger partial charge in [-0.05, 0) is 86.0 Å². The quantitative estimate of drug-likeness (QED) is 0.163. The molecule has 8 nitrogen and oxygen atoms in total. The molecule has 4 aromatic carbocycles. The first kappa shape index (κ1) is 35.5. The molecule has 6 rings (SSSR count). The van der Waals surface area contributed by atoms with Crippen LogP contribution in [0.15, 0.2) is 98.3 Å². The van der Waals surface area contributed by atoms with Crippen LogP contribution in [0.1, 0.15) is 40.8 Å². The topological polar surface area (TPSA) is 91.2 Å². The van der Waals surface area contributed by atoms with Crippen molar-refractivity contribution in [2.45, 2.75) is 33.4 Å². The number of carbonyl (C=O) groups excluding carboxylic acids is 1. The van der Waals surface area contributed by atoms with Crippen molar-refractivity contribution in [3.63, 3.8) is 0 Å². The summed E-state index contributed by atoms with van der Waals surface area (Å²) < 4.78 is 20.1. The molecule has 1 atom stereocenters. The van der Waals surface area contributed by atoms with Crippen molar-refractivity contribution in [1.82, 2.24) is 4.57 Å². The number of ether oxygens (including phenoxy) is 3. The average Bonchev–Trinajstić information content (AvgIpc) is 3.39. The minimum atomic E-state index is -0.757. The SMILES string of the molecule is COc1ccc([C@@H]2C(C(=O)Nc3ccc(C)cc3C)=C(C)N=c3s/c(=C\c4cc(Br)cc(OC)c4OCc4ccc(Cl)c(Cl)c4)c(=O)n32)cc1. The number of thiazole rings is 1. The Hall–Kier alpha value is -4.35. The molecule has 1 amide bonds. The van der Waals surface area contributed by atoms with Gasteiger partial charge in [-0.3, -0.25) is 14.2 Å².